The van der Waals surface area contributed by atoms with Crippen molar-refractivity contribution in [2.75, 3.05) is 17.8 Å². The summed E-state index contributed by atoms with van der Waals surface area (Å²) >= 11 is 3.51. The van der Waals surface area contributed by atoms with Crippen LogP contribution in [0.15, 0.2) is 42.5 Å². The Bertz CT molecular complexity index is 1140. The average Bonchev–Trinajstić information content (AvgIpc) is 2.96. The van der Waals surface area contributed by atoms with Gasteiger partial charge in [0, 0.05) is 23.4 Å². The maximum absolute atomic E-state index is 13.4. The van der Waals surface area contributed by atoms with Gasteiger partial charge in [-0.1, -0.05) is 56.5 Å². The highest BCUT2D eigenvalue weighted by Gasteiger charge is 2.31. The third-order valence-electron chi connectivity index (χ3n) is 7.95. The molecule has 0 aliphatic heterocycles. The first kappa shape index (κ1) is 32.1. The summed E-state index contributed by atoms with van der Waals surface area (Å²) in [5, 5.41) is 12.8. The topological polar surface area (TPSA) is 86.7 Å². The Kier molecular flexibility index (Phi) is 12.9. The van der Waals surface area contributed by atoms with E-state index in [0.29, 0.717) is 35.4 Å². The molecule has 2 N–H and O–H groups in total. The lowest BCUT2D eigenvalue weighted by atomic mass is 9.84. The summed E-state index contributed by atoms with van der Waals surface area (Å²) in [4.78, 5) is 39.5. The number of carbonyl (C=O) groups excluding carboxylic acids is 2. The Morgan fingerprint density at radius 3 is 2.48 bits per heavy atom. The van der Waals surface area contributed by atoms with Gasteiger partial charge in [0.1, 0.15) is 6.04 Å². The van der Waals surface area contributed by atoms with Gasteiger partial charge in [-0.15, -0.1) is 0 Å². The van der Waals surface area contributed by atoms with E-state index in [1.54, 1.807) is 17.8 Å². The maximum Gasteiger partial charge on any atom is 0.326 e. The van der Waals surface area contributed by atoms with Crippen molar-refractivity contribution in [3.05, 3.63) is 59.2 Å². The molecule has 1 fully saturated rings. The molecule has 3 rings (SSSR count). The molecule has 40 heavy (non-hydrogen) atoms. The highest BCUT2D eigenvalue weighted by Crippen LogP contribution is 2.36. The summed E-state index contributed by atoms with van der Waals surface area (Å²) in [6, 6.07) is 12.6. The lowest BCUT2D eigenvalue weighted by molar-refractivity contribution is -0.139. The first-order chi connectivity index (χ1) is 19.3. The zero-order chi connectivity index (χ0) is 29.1. The monoisotopic (exact) mass is 584 g/mol. The second-order valence-electron chi connectivity index (χ2n) is 10.7. The van der Waals surface area contributed by atoms with E-state index in [9.17, 15) is 19.5 Å². The molecule has 2 amide bonds. The molecular weight excluding hydrogens is 540 g/mol. The molecule has 0 saturated heterocycles. The molecule has 218 valence electrons. The zero-order valence-electron chi connectivity index (χ0n) is 24.2. The van der Waals surface area contributed by atoms with Crippen LogP contribution >= 0.6 is 23.5 Å². The second-order valence-corrected chi connectivity index (χ2v) is 13.1. The van der Waals surface area contributed by atoms with Gasteiger partial charge in [0.25, 0.3) is 5.91 Å². The normalized spacial score (nSPS) is 16.1. The van der Waals surface area contributed by atoms with Crippen molar-refractivity contribution >= 4 is 41.8 Å². The van der Waals surface area contributed by atoms with Crippen LogP contribution in [-0.2, 0) is 16.1 Å². The molecule has 0 bridgehead atoms. The maximum atomic E-state index is 13.4. The molecule has 3 atom stereocenters. The quantitative estimate of drug-likeness (QED) is 0.228. The van der Waals surface area contributed by atoms with Crippen LogP contribution in [0.4, 0.5) is 0 Å². The number of rotatable bonds is 15. The predicted octanol–water partition coefficient (Wildman–Crippen LogP) is 6.65. The van der Waals surface area contributed by atoms with Crippen molar-refractivity contribution in [1.82, 2.24) is 10.2 Å². The average molecular weight is 585 g/mol. The third kappa shape index (κ3) is 8.53. The summed E-state index contributed by atoms with van der Waals surface area (Å²) in [7, 11) is 0. The van der Waals surface area contributed by atoms with Gasteiger partial charge in [0.15, 0.2) is 0 Å². The first-order valence-electron chi connectivity index (χ1n) is 14.3. The van der Waals surface area contributed by atoms with Crippen LogP contribution in [0.3, 0.4) is 0 Å². The first-order valence-corrected chi connectivity index (χ1v) is 16.8. The number of amides is 2. The van der Waals surface area contributed by atoms with Crippen molar-refractivity contribution in [2.45, 2.75) is 83.2 Å². The molecule has 1 aliphatic rings. The minimum absolute atomic E-state index is 0.0863. The molecule has 2 unspecified atom stereocenters. The van der Waals surface area contributed by atoms with Crippen molar-refractivity contribution in [1.29, 1.82) is 0 Å². The number of hydrogen-bond donors (Lipinski definition) is 2. The van der Waals surface area contributed by atoms with Crippen LogP contribution < -0.4 is 5.32 Å². The van der Waals surface area contributed by atoms with Gasteiger partial charge >= 0.3 is 5.97 Å². The van der Waals surface area contributed by atoms with Crippen molar-refractivity contribution in [2.24, 2.45) is 5.92 Å². The molecule has 1 aliphatic carbocycles. The summed E-state index contributed by atoms with van der Waals surface area (Å²) in [6.07, 6.45) is 9.52. The van der Waals surface area contributed by atoms with Crippen LogP contribution in [0.5, 0.6) is 0 Å². The lowest BCUT2D eigenvalue weighted by Crippen LogP contribution is -2.43. The summed E-state index contributed by atoms with van der Waals surface area (Å²) < 4.78 is 0. The number of nitrogens with zero attached hydrogens (tertiary/aromatic N) is 1. The van der Waals surface area contributed by atoms with Crippen LogP contribution in [-0.4, -0.2) is 63.4 Å². The second kappa shape index (κ2) is 16.1. The number of carboxylic acids is 1. The van der Waals surface area contributed by atoms with Crippen molar-refractivity contribution in [3.63, 3.8) is 0 Å². The van der Waals surface area contributed by atoms with Gasteiger partial charge < -0.3 is 15.3 Å². The summed E-state index contributed by atoms with van der Waals surface area (Å²) in [5.41, 5.74) is 4.05. The molecular formula is C32H44N2O4S2. The molecule has 6 nitrogen and oxygen atoms in total. The summed E-state index contributed by atoms with van der Waals surface area (Å²) in [6.45, 7) is 6.80. The molecule has 0 heterocycles. The Labute approximate surface area is 248 Å². The minimum Gasteiger partial charge on any atom is -0.480 e. The SMILES string of the molecule is CCSC(C1CCCCC1)C(C)N(C=O)Cc1ccc(C(=O)N[C@@H](CCSC)C(=O)O)c(-c2ccccc2C)c1. The smallest absolute Gasteiger partial charge is 0.326 e. The standard InChI is InChI=1S/C32H44N2O4S2/c1-5-40-30(25-12-7-6-8-13-25)23(3)34(21-35)20-24-15-16-27(28(19-24)26-14-10-9-11-22(26)2)31(36)33-29(32(37)38)17-18-39-4/h9-11,14-16,19,21,23,25,29-30H,5-8,12-13,17-18,20H2,1-4H3,(H,33,36)(H,37,38)/t23?,29-,30?/m0/s1. The van der Waals surface area contributed by atoms with E-state index in [2.05, 4.69) is 19.2 Å². The molecule has 1 saturated carbocycles. The largest absolute Gasteiger partial charge is 0.480 e. The molecule has 0 aromatic heterocycles. The van der Waals surface area contributed by atoms with Gasteiger partial charge in [-0.2, -0.15) is 23.5 Å². The fourth-order valence-electron chi connectivity index (χ4n) is 5.72. The van der Waals surface area contributed by atoms with Crippen LogP contribution in [0.2, 0.25) is 0 Å². The van der Waals surface area contributed by atoms with E-state index in [1.807, 2.05) is 66.2 Å². The van der Waals surface area contributed by atoms with Gasteiger partial charge in [-0.25, -0.2) is 4.79 Å². The number of hydrogen-bond acceptors (Lipinski definition) is 5. The van der Waals surface area contributed by atoms with Gasteiger partial charge in [-0.05, 0) is 91.2 Å². The molecule has 0 spiro atoms. The van der Waals surface area contributed by atoms with Gasteiger partial charge in [0.2, 0.25) is 6.41 Å². The molecule has 0 radical (unpaired) electrons. The fraction of sp³-hybridized carbons (Fsp3) is 0.531. The van der Waals surface area contributed by atoms with E-state index in [-0.39, 0.29) is 6.04 Å². The van der Waals surface area contributed by atoms with Crippen molar-refractivity contribution < 1.29 is 19.5 Å². The van der Waals surface area contributed by atoms with E-state index < -0.39 is 17.9 Å². The van der Waals surface area contributed by atoms with Crippen molar-refractivity contribution in [3.8, 4) is 11.1 Å². The Morgan fingerprint density at radius 1 is 1.12 bits per heavy atom. The van der Waals surface area contributed by atoms with Crippen LogP contribution in [0.25, 0.3) is 11.1 Å². The highest BCUT2D eigenvalue weighted by molar-refractivity contribution is 7.99. The van der Waals surface area contributed by atoms with Crippen LogP contribution in [0, 0.1) is 12.8 Å². The number of thioether (sulfide) groups is 2. The number of benzene rings is 2. The third-order valence-corrected chi connectivity index (χ3v) is 10.1. The Morgan fingerprint density at radius 2 is 1.85 bits per heavy atom. The molecule has 2 aromatic rings. The Hall–Kier alpha value is -2.45. The number of nitrogens with one attached hydrogen (secondary N) is 1. The summed E-state index contributed by atoms with van der Waals surface area (Å²) in [5.74, 6) is 0.838. The van der Waals surface area contributed by atoms with E-state index in [1.165, 1.54) is 32.1 Å². The van der Waals surface area contributed by atoms with Gasteiger partial charge in [-0.3, -0.25) is 9.59 Å². The van der Waals surface area contributed by atoms with E-state index >= 15 is 0 Å². The Balaban J connectivity index is 1.92. The number of aliphatic carboxylic acids is 1. The van der Waals surface area contributed by atoms with E-state index in [0.717, 1.165) is 34.4 Å². The molecule has 8 heteroatoms. The number of carbonyl (C=O) groups is 3. The predicted molar refractivity (Wildman–Crippen MR) is 168 cm³/mol. The number of carboxylic acid groups (broad SMARTS) is 1. The lowest BCUT2D eigenvalue weighted by Gasteiger charge is -2.38. The van der Waals surface area contributed by atoms with Crippen LogP contribution in [0.1, 0.15) is 73.9 Å². The van der Waals surface area contributed by atoms with Gasteiger partial charge in [0.05, 0.1) is 0 Å². The zero-order valence-corrected chi connectivity index (χ0v) is 25.9. The fourth-order valence-corrected chi connectivity index (χ4v) is 7.55. The highest BCUT2D eigenvalue weighted by atomic mass is 32.2. The number of aryl methyl sites for hydroxylation is 1. The minimum atomic E-state index is -1.04. The van der Waals surface area contributed by atoms with E-state index in [4.69, 9.17) is 0 Å². The molecule has 2 aromatic carbocycles.